The maximum Gasteiger partial charge on any atom is 0.263 e. The van der Waals surface area contributed by atoms with Gasteiger partial charge in [-0.3, -0.25) is 14.3 Å². The first kappa shape index (κ1) is 18.5. The zero-order valence-corrected chi connectivity index (χ0v) is 16.6. The van der Waals surface area contributed by atoms with E-state index in [1.54, 1.807) is 23.0 Å². The van der Waals surface area contributed by atoms with E-state index in [4.69, 9.17) is 4.74 Å². The van der Waals surface area contributed by atoms with Crippen molar-refractivity contribution in [3.63, 3.8) is 0 Å². The van der Waals surface area contributed by atoms with Gasteiger partial charge in [0.15, 0.2) is 5.16 Å². The van der Waals surface area contributed by atoms with Crippen LogP contribution in [0.3, 0.4) is 0 Å². The fourth-order valence-electron chi connectivity index (χ4n) is 2.73. The quantitative estimate of drug-likeness (QED) is 0.242. The van der Waals surface area contributed by atoms with Crippen LogP contribution in [-0.2, 0) is 12.3 Å². The fourth-order valence-corrected chi connectivity index (χ4v) is 4.53. The van der Waals surface area contributed by atoms with E-state index in [0.717, 1.165) is 16.1 Å². The maximum absolute atomic E-state index is 12.8. The standard InChI is InChI=1S/C21H17N3O2S2/c1-2-11-24-20(25)17-9-12-27-19(17)23-21(24)28-14-15-6-3-4-8-18(15)26-16-7-5-10-22-13-16/h2-10,12-13H,1,11,14H2. The monoisotopic (exact) mass is 407 g/mol. The molecule has 7 heteroatoms. The molecule has 0 saturated heterocycles. The Labute approximate surface area is 170 Å². The van der Waals surface area contributed by atoms with Gasteiger partial charge >= 0.3 is 0 Å². The topological polar surface area (TPSA) is 57.0 Å². The summed E-state index contributed by atoms with van der Waals surface area (Å²) in [6.07, 6.45) is 5.10. The number of hydrogen-bond acceptors (Lipinski definition) is 6. The summed E-state index contributed by atoms with van der Waals surface area (Å²) < 4.78 is 7.64. The van der Waals surface area contributed by atoms with Gasteiger partial charge in [-0.1, -0.05) is 36.0 Å². The smallest absolute Gasteiger partial charge is 0.263 e. The zero-order chi connectivity index (χ0) is 19.3. The number of thiophene rings is 1. The molecule has 5 nitrogen and oxygen atoms in total. The molecule has 0 radical (unpaired) electrons. The first-order valence-corrected chi connectivity index (χ1v) is 10.5. The van der Waals surface area contributed by atoms with E-state index >= 15 is 0 Å². The Balaban J connectivity index is 1.62. The van der Waals surface area contributed by atoms with Crippen LogP contribution in [0.2, 0.25) is 0 Å². The fraction of sp³-hybridized carbons (Fsp3) is 0.0952. The molecule has 4 rings (SSSR count). The molecule has 0 aliphatic rings. The molecule has 0 atom stereocenters. The van der Waals surface area contributed by atoms with E-state index in [9.17, 15) is 4.79 Å². The molecular weight excluding hydrogens is 390 g/mol. The van der Waals surface area contributed by atoms with Crippen LogP contribution in [0, 0.1) is 0 Å². The molecule has 4 aromatic rings. The van der Waals surface area contributed by atoms with Crippen molar-refractivity contribution in [1.82, 2.24) is 14.5 Å². The van der Waals surface area contributed by atoms with Crippen LogP contribution in [0.4, 0.5) is 0 Å². The number of nitrogens with zero attached hydrogens (tertiary/aromatic N) is 3. The average molecular weight is 408 g/mol. The van der Waals surface area contributed by atoms with Crippen molar-refractivity contribution in [1.29, 1.82) is 0 Å². The molecule has 140 valence electrons. The summed E-state index contributed by atoms with van der Waals surface area (Å²) in [6, 6.07) is 13.4. The lowest BCUT2D eigenvalue weighted by atomic mass is 10.2. The molecule has 28 heavy (non-hydrogen) atoms. The molecular formula is C21H17N3O2S2. The molecule has 0 bridgehead atoms. The first-order chi connectivity index (χ1) is 13.8. The molecule has 1 aromatic carbocycles. The van der Waals surface area contributed by atoms with E-state index in [-0.39, 0.29) is 5.56 Å². The van der Waals surface area contributed by atoms with E-state index in [0.29, 0.717) is 28.6 Å². The van der Waals surface area contributed by atoms with Gasteiger partial charge in [0, 0.05) is 24.1 Å². The van der Waals surface area contributed by atoms with Gasteiger partial charge in [-0.15, -0.1) is 17.9 Å². The van der Waals surface area contributed by atoms with Crippen LogP contribution in [0.5, 0.6) is 11.5 Å². The van der Waals surface area contributed by atoms with Crippen LogP contribution < -0.4 is 10.3 Å². The van der Waals surface area contributed by atoms with E-state index < -0.39 is 0 Å². The molecule has 3 heterocycles. The van der Waals surface area contributed by atoms with Crippen molar-refractivity contribution in [2.75, 3.05) is 0 Å². The van der Waals surface area contributed by atoms with Gasteiger partial charge in [-0.05, 0) is 29.6 Å². The number of hydrogen-bond donors (Lipinski definition) is 0. The minimum atomic E-state index is -0.0338. The van der Waals surface area contributed by atoms with E-state index in [1.165, 1.54) is 23.1 Å². The SMILES string of the molecule is C=CCn1c(SCc2ccccc2Oc2cccnc2)nc2sccc2c1=O. The van der Waals surface area contributed by atoms with Crippen molar-refractivity contribution < 1.29 is 4.74 Å². The highest BCUT2D eigenvalue weighted by atomic mass is 32.2. The Bertz CT molecular complexity index is 1170. The summed E-state index contributed by atoms with van der Waals surface area (Å²) in [5.41, 5.74) is 0.982. The maximum atomic E-state index is 12.8. The lowest BCUT2D eigenvalue weighted by Crippen LogP contribution is -2.22. The minimum Gasteiger partial charge on any atom is -0.455 e. The van der Waals surface area contributed by atoms with E-state index in [2.05, 4.69) is 16.5 Å². The Morgan fingerprint density at radius 3 is 2.93 bits per heavy atom. The molecule has 0 amide bonds. The van der Waals surface area contributed by atoms with Gasteiger partial charge in [0.05, 0.1) is 11.6 Å². The highest BCUT2D eigenvalue weighted by Crippen LogP contribution is 2.30. The average Bonchev–Trinajstić information content (AvgIpc) is 3.19. The second-order valence-electron chi connectivity index (χ2n) is 5.93. The van der Waals surface area contributed by atoms with Crippen LogP contribution in [0.1, 0.15) is 5.56 Å². The molecule has 0 aliphatic heterocycles. The predicted octanol–water partition coefficient (Wildman–Crippen LogP) is 5.12. The van der Waals surface area contributed by atoms with E-state index in [1.807, 2.05) is 47.8 Å². The number of rotatable bonds is 7. The summed E-state index contributed by atoms with van der Waals surface area (Å²) in [7, 11) is 0. The highest BCUT2D eigenvalue weighted by Gasteiger charge is 2.13. The number of pyridine rings is 1. The van der Waals surface area contributed by atoms with Crippen molar-refractivity contribution >= 4 is 33.3 Å². The summed E-state index contributed by atoms with van der Waals surface area (Å²) >= 11 is 2.99. The van der Waals surface area contributed by atoms with Gasteiger partial charge < -0.3 is 4.74 Å². The second-order valence-corrected chi connectivity index (χ2v) is 7.76. The van der Waals surface area contributed by atoms with Crippen molar-refractivity contribution in [2.24, 2.45) is 0 Å². The van der Waals surface area contributed by atoms with Crippen LogP contribution in [0.15, 0.2) is 82.8 Å². The summed E-state index contributed by atoms with van der Waals surface area (Å²) in [5, 5.41) is 3.22. The second kappa shape index (κ2) is 8.41. The number of benzene rings is 1. The lowest BCUT2D eigenvalue weighted by Gasteiger charge is -2.12. The van der Waals surface area contributed by atoms with Crippen LogP contribution in [-0.4, -0.2) is 14.5 Å². The Kier molecular flexibility index (Phi) is 5.55. The summed E-state index contributed by atoms with van der Waals surface area (Å²) in [4.78, 5) is 22.3. The third-order valence-corrected chi connectivity index (χ3v) is 5.88. The molecule has 0 aliphatic carbocycles. The molecule has 0 saturated carbocycles. The Morgan fingerprint density at radius 2 is 2.11 bits per heavy atom. The predicted molar refractivity (Wildman–Crippen MR) is 114 cm³/mol. The number of allylic oxidation sites excluding steroid dienone is 1. The highest BCUT2D eigenvalue weighted by molar-refractivity contribution is 7.98. The van der Waals surface area contributed by atoms with Crippen LogP contribution in [0.25, 0.3) is 10.2 Å². The normalized spacial score (nSPS) is 10.9. The van der Waals surface area contributed by atoms with Gasteiger partial charge in [0.2, 0.25) is 0 Å². The first-order valence-electron chi connectivity index (χ1n) is 8.64. The summed E-state index contributed by atoms with van der Waals surface area (Å²) in [6.45, 7) is 4.19. The van der Waals surface area contributed by atoms with Crippen molar-refractivity contribution in [3.8, 4) is 11.5 Å². The van der Waals surface area contributed by atoms with Gasteiger partial charge in [-0.25, -0.2) is 4.98 Å². The van der Waals surface area contributed by atoms with Gasteiger partial charge in [-0.2, -0.15) is 0 Å². The number of aromatic nitrogens is 3. The lowest BCUT2D eigenvalue weighted by molar-refractivity contribution is 0.476. The number of fused-ring (bicyclic) bond motifs is 1. The Hall–Kier alpha value is -2.90. The number of ether oxygens (including phenoxy) is 1. The van der Waals surface area contributed by atoms with Gasteiger partial charge in [0.25, 0.3) is 5.56 Å². The number of para-hydroxylation sites is 1. The Morgan fingerprint density at radius 1 is 1.21 bits per heavy atom. The zero-order valence-electron chi connectivity index (χ0n) is 14.9. The van der Waals surface area contributed by atoms with Crippen molar-refractivity contribution in [2.45, 2.75) is 17.5 Å². The molecule has 0 unspecified atom stereocenters. The third-order valence-electron chi connectivity index (χ3n) is 4.05. The minimum absolute atomic E-state index is 0.0338. The van der Waals surface area contributed by atoms with Crippen LogP contribution >= 0.6 is 23.1 Å². The number of thioether (sulfide) groups is 1. The van der Waals surface area contributed by atoms with Crippen molar-refractivity contribution in [3.05, 3.63) is 88.8 Å². The molecule has 0 N–H and O–H groups in total. The third kappa shape index (κ3) is 3.85. The largest absolute Gasteiger partial charge is 0.455 e. The van der Waals surface area contributed by atoms with Gasteiger partial charge in [0.1, 0.15) is 16.3 Å². The molecule has 3 aromatic heterocycles. The molecule has 0 spiro atoms. The molecule has 0 fully saturated rings. The summed E-state index contributed by atoms with van der Waals surface area (Å²) in [5.74, 6) is 2.07.